The number of nitrogens with two attached hydrogens (primary N) is 1. The number of carbonyl (C=O) groups excluding carboxylic acids is 1. The number of benzene rings is 1. The van der Waals surface area contributed by atoms with Crippen LogP contribution >= 0.6 is 12.2 Å². The number of carbonyl (C=O) groups is 1. The van der Waals surface area contributed by atoms with Crippen molar-refractivity contribution >= 4 is 35.3 Å². The lowest BCUT2D eigenvalue weighted by Gasteiger charge is -2.38. The number of amides is 1. The van der Waals surface area contributed by atoms with E-state index >= 15 is 0 Å². The number of nitrogens with one attached hydrogen (secondary N) is 1. The van der Waals surface area contributed by atoms with E-state index < -0.39 is 11.7 Å². The lowest BCUT2D eigenvalue weighted by Crippen LogP contribution is -2.46. The van der Waals surface area contributed by atoms with Crippen LogP contribution in [0, 0.1) is 4.64 Å². The van der Waals surface area contributed by atoms with E-state index in [0.29, 0.717) is 48.3 Å². The highest BCUT2D eigenvalue weighted by Gasteiger charge is 2.33. The summed E-state index contributed by atoms with van der Waals surface area (Å²) in [6.07, 6.45) is 2.33. The van der Waals surface area contributed by atoms with E-state index in [2.05, 4.69) is 15.0 Å². The average molecular weight is 429 g/mol. The maximum atomic E-state index is 11.1. The standard InChI is InChI=1S/C20H24N6O3S/c1-20(29-19(21)27)7-9-25(10-8-20)15-11-22-16-17(23-15)26(24-18(16)30)12-13-3-5-14(28-2)6-4-13/h3-6,11H,7-10,12H2,1-2H3,(H2,21,27)(H,24,30). The van der Waals surface area contributed by atoms with Crippen LogP contribution < -0.4 is 15.4 Å². The Labute approximate surface area is 178 Å². The van der Waals surface area contributed by atoms with Crippen molar-refractivity contribution in [1.29, 1.82) is 0 Å². The number of nitrogens with zero attached hydrogens (tertiary/aromatic N) is 4. The van der Waals surface area contributed by atoms with Crippen LogP contribution in [0.3, 0.4) is 0 Å². The second-order valence-electron chi connectivity index (χ2n) is 7.63. The van der Waals surface area contributed by atoms with Crippen molar-refractivity contribution in [2.24, 2.45) is 5.73 Å². The van der Waals surface area contributed by atoms with E-state index in [0.717, 1.165) is 17.1 Å². The van der Waals surface area contributed by atoms with Crippen LogP contribution in [0.25, 0.3) is 11.2 Å². The Balaban J connectivity index is 1.57. The summed E-state index contributed by atoms with van der Waals surface area (Å²) in [6, 6.07) is 7.85. The Morgan fingerprint density at radius 3 is 2.63 bits per heavy atom. The summed E-state index contributed by atoms with van der Waals surface area (Å²) in [5.74, 6) is 1.57. The van der Waals surface area contributed by atoms with Gasteiger partial charge in [0.2, 0.25) is 0 Å². The van der Waals surface area contributed by atoms with Crippen LogP contribution in [0.5, 0.6) is 5.75 Å². The molecule has 2 aromatic heterocycles. The Morgan fingerprint density at radius 2 is 2.00 bits per heavy atom. The van der Waals surface area contributed by atoms with Gasteiger partial charge in [-0.05, 0) is 24.6 Å². The summed E-state index contributed by atoms with van der Waals surface area (Å²) in [5.41, 5.74) is 7.11. The highest BCUT2D eigenvalue weighted by molar-refractivity contribution is 7.71. The molecule has 3 aromatic rings. The molecule has 1 amide bonds. The van der Waals surface area contributed by atoms with Gasteiger partial charge < -0.3 is 20.1 Å². The normalized spacial score (nSPS) is 15.9. The largest absolute Gasteiger partial charge is 0.497 e. The molecule has 10 heteroatoms. The Bertz CT molecular complexity index is 1120. The summed E-state index contributed by atoms with van der Waals surface area (Å²) >= 11 is 5.43. The van der Waals surface area contributed by atoms with Crippen LogP contribution in [0.1, 0.15) is 25.3 Å². The predicted octanol–water partition coefficient (Wildman–Crippen LogP) is 3.00. The SMILES string of the molecule is COc1ccc(Cn2[nH]c(=S)c3ncc(N4CCC(C)(OC(N)=O)CC4)nc32)cc1. The quantitative estimate of drug-likeness (QED) is 0.601. The van der Waals surface area contributed by atoms with Gasteiger partial charge in [0.1, 0.15) is 27.3 Å². The Kier molecular flexibility index (Phi) is 5.33. The topological polar surface area (TPSA) is 111 Å². The van der Waals surface area contributed by atoms with Crippen LogP contribution in [0.15, 0.2) is 30.5 Å². The average Bonchev–Trinajstić information content (AvgIpc) is 3.03. The summed E-state index contributed by atoms with van der Waals surface area (Å²) in [4.78, 5) is 22.6. The smallest absolute Gasteiger partial charge is 0.405 e. The highest BCUT2D eigenvalue weighted by atomic mass is 32.1. The zero-order valence-corrected chi connectivity index (χ0v) is 17.7. The van der Waals surface area contributed by atoms with Crippen LogP contribution in [-0.4, -0.2) is 51.6 Å². The van der Waals surface area contributed by atoms with Gasteiger partial charge in [-0.15, -0.1) is 0 Å². The minimum absolute atomic E-state index is 0.546. The Hall–Kier alpha value is -3.14. The van der Waals surface area contributed by atoms with Crippen LogP contribution in [0.2, 0.25) is 0 Å². The molecule has 9 nitrogen and oxygen atoms in total. The lowest BCUT2D eigenvalue weighted by atomic mass is 9.93. The molecule has 0 spiro atoms. The summed E-state index contributed by atoms with van der Waals surface area (Å²) in [5, 5.41) is 3.18. The maximum absolute atomic E-state index is 11.1. The summed E-state index contributed by atoms with van der Waals surface area (Å²) in [7, 11) is 1.64. The molecule has 0 atom stereocenters. The maximum Gasteiger partial charge on any atom is 0.405 e. The number of aromatic amines is 1. The third kappa shape index (κ3) is 4.09. The van der Waals surface area contributed by atoms with E-state index in [9.17, 15) is 4.79 Å². The molecule has 158 valence electrons. The van der Waals surface area contributed by atoms with Gasteiger partial charge in [-0.1, -0.05) is 24.4 Å². The monoisotopic (exact) mass is 428 g/mol. The zero-order chi connectivity index (χ0) is 21.3. The van der Waals surface area contributed by atoms with Crippen molar-refractivity contribution in [2.45, 2.75) is 31.9 Å². The second kappa shape index (κ2) is 7.94. The fraction of sp³-hybridized carbons (Fsp3) is 0.400. The number of anilines is 1. The molecular formula is C20H24N6O3S. The highest BCUT2D eigenvalue weighted by Crippen LogP contribution is 2.28. The minimum Gasteiger partial charge on any atom is -0.497 e. The number of H-pyrrole nitrogens is 1. The fourth-order valence-corrected chi connectivity index (χ4v) is 3.94. The molecule has 3 N–H and O–H groups in total. The fourth-order valence-electron chi connectivity index (χ4n) is 3.68. The van der Waals surface area contributed by atoms with Gasteiger partial charge in [0.15, 0.2) is 5.65 Å². The Morgan fingerprint density at radius 1 is 1.30 bits per heavy atom. The predicted molar refractivity (Wildman–Crippen MR) is 115 cm³/mol. The number of aromatic nitrogens is 4. The first kappa shape index (κ1) is 20.1. The van der Waals surface area contributed by atoms with E-state index in [1.807, 2.05) is 35.9 Å². The molecule has 1 saturated heterocycles. The van der Waals surface area contributed by atoms with Crippen molar-refractivity contribution in [3.05, 3.63) is 40.7 Å². The molecule has 3 heterocycles. The first-order chi connectivity index (χ1) is 14.4. The van der Waals surface area contributed by atoms with Gasteiger partial charge in [0.05, 0.1) is 19.9 Å². The number of rotatable bonds is 5. The number of fused-ring (bicyclic) bond motifs is 1. The number of primary amides is 1. The zero-order valence-electron chi connectivity index (χ0n) is 16.9. The van der Waals surface area contributed by atoms with Crippen LogP contribution in [-0.2, 0) is 11.3 Å². The van der Waals surface area contributed by atoms with Gasteiger partial charge in [0, 0.05) is 25.9 Å². The molecule has 1 aliphatic rings. The second-order valence-corrected chi connectivity index (χ2v) is 8.04. The molecule has 0 radical (unpaired) electrons. The first-order valence-corrected chi connectivity index (χ1v) is 10.1. The van der Waals surface area contributed by atoms with Gasteiger partial charge >= 0.3 is 6.09 Å². The van der Waals surface area contributed by atoms with E-state index in [-0.39, 0.29) is 0 Å². The molecule has 1 fully saturated rings. The van der Waals surface area contributed by atoms with E-state index in [1.165, 1.54) is 0 Å². The summed E-state index contributed by atoms with van der Waals surface area (Å²) in [6.45, 7) is 3.86. The van der Waals surface area contributed by atoms with Gasteiger partial charge in [0.25, 0.3) is 0 Å². The molecule has 0 bridgehead atoms. The third-order valence-corrected chi connectivity index (χ3v) is 5.73. The lowest BCUT2D eigenvalue weighted by molar-refractivity contribution is 0.0126. The van der Waals surface area contributed by atoms with Gasteiger partial charge in [-0.2, -0.15) is 0 Å². The number of hydrogen-bond donors (Lipinski definition) is 2. The van der Waals surface area contributed by atoms with Gasteiger partial charge in [-0.25, -0.2) is 14.8 Å². The van der Waals surface area contributed by atoms with E-state index in [1.54, 1.807) is 13.3 Å². The molecule has 0 unspecified atom stereocenters. The third-order valence-electron chi connectivity index (χ3n) is 5.44. The van der Waals surface area contributed by atoms with Gasteiger partial charge in [-0.3, -0.25) is 9.78 Å². The van der Waals surface area contributed by atoms with Crippen LogP contribution in [0.4, 0.5) is 10.6 Å². The number of methoxy groups -OCH3 is 1. The number of piperidine rings is 1. The molecule has 1 aromatic carbocycles. The minimum atomic E-state index is -0.739. The van der Waals surface area contributed by atoms with Crippen molar-refractivity contribution in [3.8, 4) is 5.75 Å². The molecule has 30 heavy (non-hydrogen) atoms. The van der Waals surface area contributed by atoms with Crippen molar-refractivity contribution < 1.29 is 14.3 Å². The summed E-state index contributed by atoms with van der Waals surface area (Å²) < 4.78 is 13.0. The molecule has 1 aliphatic heterocycles. The molecule has 0 aliphatic carbocycles. The molecular weight excluding hydrogens is 404 g/mol. The molecule has 4 rings (SSSR count). The molecule has 0 saturated carbocycles. The van der Waals surface area contributed by atoms with Crippen molar-refractivity contribution in [1.82, 2.24) is 19.7 Å². The van der Waals surface area contributed by atoms with Crippen molar-refractivity contribution in [3.63, 3.8) is 0 Å². The van der Waals surface area contributed by atoms with Crippen molar-refractivity contribution in [2.75, 3.05) is 25.1 Å². The first-order valence-electron chi connectivity index (χ1n) is 9.69. The van der Waals surface area contributed by atoms with E-state index in [4.69, 9.17) is 32.4 Å². The number of hydrogen-bond acceptors (Lipinski definition) is 7. The number of ether oxygens (including phenoxy) is 2.